The van der Waals surface area contributed by atoms with E-state index in [-0.39, 0.29) is 0 Å². The Bertz CT molecular complexity index is 429. The molecule has 0 N–H and O–H groups in total. The maximum atomic E-state index is 4.26. The predicted octanol–water partition coefficient (Wildman–Crippen LogP) is 1.59. The van der Waals surface area contributed by atoms with Gasteiger partial charge in [-0.05, 0) is 12.6 Å². The molecule has 2 aliphatic rings. The summed E-state index contributed by atoms with van der Waals surface area (Å²) in [5, 5.41) is 0. The summed E-state index contributed by atoms with van der Waals surface area (Å²) in [5.74, 6) is 0. The Morgan fingerprint density at radius 1 is 1.05 bits per heavy atom. The van der Waals surface area contributed by atoms with Crippen molar-refractivity contribution in [1.29, 1.82) is 0 Å². The average Bonchev–Trinajstić information content (AvgIpc) is 2.44. The molecule has 2 saturated heterocycles. The van der Waals surface area contributed by atoms with Crippen molar-refractivity contribution in [2.24, 2.45) is 0 Å². The van der Waals surface area contributed by atoms with Gasteiger partial charge in [-0.25, -0.2) is 0 Å². The van der Waals surface area contributed by atoms with E-state index in [0.717, 1.165) is 19.1 Å². The van der Waals surface area contributed by atoms with E-state index in [1.807, 2.05) is 0 Å². The van der Waals surface area contributed by atoms with E-state index >= 15 is 0 Å². The van der Waals surface area contributed by atoms with Gasteiger partial charge in [-0.2, -0.15) is 0 Å². The van der Waals surface area contributed by atoms with Gasteiger partial charge in [0.1, 0.15) is 0 Å². The third kappa shape index (κ3) is 2.67. The van der Waals surface area contributed by atoms with Crippen LogP contribution in [-0.4, -0.2) is 67.1 Å². The minimum Gasteiger partial charge on any atom is -0.369 e. The minimum atomic E-state index is 0.789. The van der Waals surface area contributed by atoms with Gasteiger partial charge in [0.25, 0.3) is 0 Å². The van der Waals surface area contributed by atoms with Crippen LogP contribution in [0.25, 0.3) is 5.70 Å². The molecule has 0 aromatic heterocycles. The van der Waals surface area contributed by atoms with Crippen molar-refractivity contribution in [2.75, 3.05) is 46.3 Å². The topological polar surface area (TPSA) is 9.72 Å². The first-order valence-corrected chi connectivity index (χ1v) is 7.16. The lowest BCUT2D eigenvalue weighted by Crippen LogP contribution is -2.61. The van der Waals surface area contributed by atoms with Gasteiger partial charge in [0, 0.05) is 51.0 Å². The summed E-state index contributed by atoms with van der Waals surface area (Å²) < 4.78 is 0. The molecule has 0 bridgehead atoms. The Kier molecular flexibility index (Phi) is 3.58. The number of piperazine rings is 1. The molecule has 0 amide bonds. The largest absolute Gasteiger partial charge is 0.369 e. The molecule has 2 fully saturated rings. The summed E-state index contributed by atoms with van der Waals surface area (Å²) in [5.41, 5.74) is 2.42. The van der Waals surface area contributed by atoms with Crippen molar-refractivity contribution in [3.63, 3.8) is 0 Å². The number of hydrogen-bond donors (Lipinski definition) is 0. The smallest absolute Gasteiger partial charge is 0.0367 e. The zero-order valence-corrected chi connectivity index (χ0v) is 11.8. The highest BCUT2D eigenvalue weighted by Crippen LogP contribution is 2.21. The molecule has 2 aliphatic heterocycles. The van der Waals surface area contributed by atoms with E-state index in [1.165, 1.54) is 37.4 Å². The third-order valence-electron chi connectivity index (χ3n) is 4.36. The quantitative estimate of drug-likeness (QED) is 0.814. The molecule has 0 atom stereocenters. The van der Waals surface area contributed by atoms with E-state index in [0.29, 0.717) is 0 Å². The Balaban J connectivity index is 1.54. The first-order valence-electron chi connectivity index (χ1n) is 7.16. The van der Waals surface area contributed by atoms with Gasteiger partial charge < -0.3 is 9.80 Å². The van der Waals surface area contributed by atoms with Crippen molar-refractivity contribution >= 4 is 5.70 Å². The molecule has 1 aromatic rings. The third-order valence-corrected chi connectivity index (χ3v) is 4.36. The van der Waals surface area contributed by atoms with Gasteiger partial charge in [0.05, 0.1) is 0 Å². The lowest BCUT2D eigenvalue weighted by atomic mass is 10.1. The highest BCUT2D eigenvalue weighted by atomic mass is 15.3. The van der Waals surface area contributed by atoms with Crippen LogP contribution in [0.4, 0.5) is 0 Å². The average molecular weight is 257 g/mol. The molecular formula is C16H23N3. The monoisotopic (exact) mass is 257 g/mol. The van der Waals surface area contributed by atoms with Crippen LogP contribution in [0.15, 0.2) is 36.9 Å². The number of rotatable bonds is 3. The van der Waals surface area contributed by atoms with Gasteiger partial charge in [-0.15, -0.1) is 0 Å². The molecule has 3 rings (SSSR count). The number of benzene rings is 1. The lowest BCUT2D eigenvalue weighted by molar-refractivity contribution is 0.0289. The van der Waals surface area contributed by atoms with Crippen LogP contribution in [-0.2, 0) is 0 Å². The van der Waals surface area contributed by atoms with Crippen LogP contribution in [0.1, 0.15) is 5.56 Å². The summed E-state index contributed by atoms with van der Waals surface area (Å²) in [6.07, 6.45) is 0. The van der Waals surface area contributed by atoms with Gasteiger partial charge in [-0.1, -0.05) is 36.9 Å². The van der Waals surface area contributed by atoms with Gasteiger partial charge >= 0.3 is 0 Å². The molecule has 19 heavy (non-hydrogen) atoms. The molecule has 102 valence electrons. The van der Waals surface area contributed by atoms with Gasteiger partial charge in [0.15, 0.2) is 0 Å². The van der Waals surface area contributed by atoms with Crippen molar-refractivity contribution in [2.45, 2.75) is 6.04 Å². The highest BCUT2D eigenvalue weighted by molar-refractivity contribution is 5.61. The van der Waals surface area contributed by atoms with Crippen molar-refractivity contribution in [3.05, 3.63) is 42.5 Å². The fourth-order valence-corrected chi connectivity index (χ4v) is 3.07. The normalized spacial score (nSPS) is 22.3. The highest BCUT2D eigenvalue weighted by Gasteiger charge is 2.31. The second kappa shape index (κ2) is 5.35. The molecule has 0 unspecified atom stereocenters. The summed E-state index contributed by atoms with van der Waals surface area (Å²) in [6, 6.07) is 11.3. The van der Waals surface area contributed by atoms with Crippen molar-refractivity contribution in [3.8, 4) is 0 Å². The van der Waals surface area contributed by atoms with E-state index in [1.54, 1.807) is 0 Å². The Labute approximate surface area is 116 Å². The molecule has 0 spiro atoms. The van der Waals surface area contributed by atoms with Gasteiger partial charge in [0.2, 0.25) is 0 Å². The maximum Gasteiger partial charge on any atom is 0.0367 e. The molecule has 0 aliphatic carbocycles. The van der Waals surface area contributed by atoms with Crippen LogP contribution in [0.5, 0.6) is 0 Å². The Hall–Kier alpha value is -1.32. The summed E-state index contributed by atoms with van der Waals surface area (Å²) >= 11 is 0. The van der Waals surface area contributed by atoms with E-state index in [9.17, 15) is 0 Å². The zero-order valence-electron chi connectivity index (χ0n) is 11.8. The summed E-state index contributed by atoms with van der Waals surface area (Å²) in [7, 11) is 2.20. The first-order chi connectivity index (χ1) is 9.24. The van der Waals surface area contributed by atoms with Crippen LogP contribution in [0.2, 0.25) is 0 Å². The number of likely N-dealkylation sites (N-methyl/N-ethyl adjacent to an activating group) is 1. The SMILES string of the molecule is C=C(c1ccccc1)N1CCN(C2CN(C)C2)CC1. The molecule has 2 heterocycles. The number of nitrogens with zero attached hydrogens (tertiary/aromatic N) is 3. The summed E-state index contributed by atoms with van der Waals surface area (Å²) in [4.78, 5) is 7.45. The van der Waals surface area contributed by atoms with Crippen LogP contribution < -0.4 is 0 Å². The predicted molar refractivity (Wildman–Crippen MR) is 79.9 cm³/mol. The standard InChI is InChI=1S/C16H23N3/c1-14(15-6-4-3-5-7-15)18-8-10-19(11-9-18)16-12-17(2)13-16/h3-7,16H,1,8-13H2,2H3. The summed E-state index contributed by atoms with van der Waals surface area (Å²) in [6.45, 7) is 11.3. The fourth-order valence-electron chi connectivity index (χ4n) is 3.07. The van der Waals surface area contributed by atoms with Crippen molar-refractivity contribution in [1.82, 2.24) is 14.7 Å². The van der Waals surface area contributed by atoms with E-state index in [4.69, 9.17) is 0 Å². The van der Waals surface area contributed by atoms with E-state index in [2.05, 4.69) is 58.7 Å². The van der Waals surface area contributed by atoms with Crippen LogP contribution in [0, 0.1) is 0 Å². The number of hydrogen-bond acceptors (Lipinski definition) is 3. The fraction of sp³-hybridized carbons (Fsp3) is 0.500. The number of likely N-dealkylation sites (tertiary alicyclic amines) is 1. The second-order valence-corrected chi connectivity index (χ2v) is 5.71. The Morgan fingerprint density at radius 3 is 2.26 bits per heavy atom. The van der Waals surface area contributed by atoms with Crippen LogP contribution in [0.3, 0.4) is 0 Å². The van der Waals surface area contributed by atoms with E-state index < -0.39 is 0 Å². The molecular weight excluding hydrogens is 234 g/mol. The minimum absolute atomic E-state index is 0.789. The molecule has 3 nitrogen and oxygen atoms in total. The zero-order chi connectivity index (χ0) is 13.2. The molecule has 3 heteroatoms. The van der Waals surface area contributed by atoms with Crippen molar-refractivity contribution < 1.29 is 0 Å². The lowest BCUT2D eigenvalue weighted by Gasteiger charge is -2.47. The molecule has 0 radical (unpaired) electrons. The van der Waals surface area contributed by atoms with Crippen LogP contribution >= 0.6 is 0 Å². The molecule has 0 saturated carbocycles. The molecule has 1 aromatic carbocycles. The first kappa shape index (κ1) is 12.7. The Morgan fingerprint density at radius 2 is 1.68 bits per heavy atom. The maximum absolute atomic E-state index is 4.26. The van der Waals surface area contributed by atoms with Gasteiger partial charge in [-0.3, -0.25) is 4.90 Å². The second-order valence-electron chi connectivity index (χ2n) is 5.71.